The van der Waals surface area contributed by atoms with Gasteiger partial charge in [-0.3, -0.25) is 0 Å². The van der Waals surface area contributed by atoms with Crippen molar-refractivity contribution in [3.63, 3.8) is 0 Å². The zero-order valence-corrected chi connectivity index (χ0v) is 11.4. The number of fused-ring (bicyclic) bond motifs is 3. The smallest absolute Gasteiger partial charge is 0.224 e. The minimum atomic E-state index is 0.581. The molecule has 102 valence electrons. The first-order valence-corrected chi connectivity index (χ1v) is 6.62. The number of ether oxygens (including phenoxy) is 1. The molecular formula is C16H12N4O. The van der Waals surface area contributed by atoms with Crippen LogP contribution in [0.5, 0.6) is 5.88 Å². The Hall–Kier alpha value is -2.95. The Morgan fingerprint density at radius 3 is 2.52 bits per heavy atom. The highest BCUT2D eigenvalue weighted by atomic mass is 16.5. The van der Waals surface area contributed by atoms with Crippen molar-refractivity contribution < 1.29 is 4.74 Å². The van der Waals surface area contributed by atoms with E-state index in [0.29, 0.717) is 11.5 Å². The van der Waals surface area contributed by atoms with Crippen LogP contribution in [0.15, 0.2) is 54.6 Å². The Bertz CT molecular complexity index is 931. The monoisotopic (exact) mass is 276 g/mol. The molecule has 4 rings (SSSR count). The Kier molecular flexibility index (Phi) is 2.57. The van der Waals surface area contributed by atoms with Gasteiger partial charge in [-0.05, 0) is 12.1 Å². The Morgan fingerprint density at radius 2 is 1.71 bits per heavy atom. The fraction of sp³-hybridized carbons (Fsp3) is 0.0625. The van der Waals surface area contributed by atoms with E-state index >= 15 is 0 Å². The molecule has 0 radical (unpaired) electrons. The summed E-state index contributed by atoms with van der Waals surface area (Å²) in [5, 5.41) is 9.45. The van der Waals surface area contributed by atoms with E-state index in [0.717, 1.165) is 22.2 Å². The Balaban J connectivity index is 2.11. The van der Waals surface area contributed by atoms with Crippen LogP contribution in [0, 0.1) is 0 Å². The van der Waals surface area contributed by atoms with Gasteiger partial charge >= 0.3 is 0 Å². The van der Waals surface area contributed by atoms with Crippen LogP contribution in [0.1, 0.15) is 0 Å². The third-order valence-electron chi connectivity index (χ3n) is 3.46. The number of methoxy groups -OCH3 is 1. The molecule has 0 unspecified atom stereocenters. The lowest BCUT2D eigenvalue weighted by atomic mass is 10.1. The normalized spacial score (nSPS) is 11.1. The predicted octanol–water partition coefficient (Wildman–Crippen LogP) is 2.95. The molecule has 0 saturated carbocycles. The van der Waals surface area contributed by atoms with Gasteiger partial charge in [0.05, 0.1) is 18.0 Å². The molecule has 2 heterocycles. The fourth-order valence-electron chi connectivity index (χ4n) is 2.47. The summed E-state index contributed by atoms with van der Waals surface area (Å²) < 4.78 is 7.17. The fourth-order valence-corrected chi connectivity index (χ4v) is 2.47. The molecule has 0 fully saturated rings. The van der Waals surface area contributed by atoms with Crippen LogP contribution < -0.4 is 4.74 Å². The van der Waals surface area contributed by atoms with Crippen LogP contribution in [0.2, 0.25) is 0 Å². The molecule has 0 saturated heterocycles. The lowest BCUT2D eigenvalue weighted by Gasteiger charge is -2.06. The molecule has 0 aliphatic carbocycles. The van der Waals surface area contributed by atoms with Gasteiger partial charge in [0.25, 0.3) is 0 Å². The van der Waals surface area contributed by atoms with E-state index in [4.69, 9.17) is 4.74 Å². The number of benzene rings is 2. The number of rotatable bonds is 2. The molecule has 21 heavy (non-hydrogen) atoms. The molecule has 4 aromatic rings. The zero-order valence-electron chi connectivity index (χ0n) is 11.4. The Labute approximate surface area is 120 Å². The molecule has 0 atom stereocenters. The number of hydrogen-bond acceptors (Lipinski definition) is 4. The van der Waals surface area contributed by atoms with E-state index in [9.17, 15) is 0 Å². The summed E-state index contributed by atoms with van der Waals surface area (Å²) in [5.74, 6) is 0.581. The molecule has 2 aromatic carbocycles. The van der Waals surface area contributed by atoms with E-state index < -0.39 is 0 Å². The lowest BCUT2D eigenvalue weighted by Crippen LogP contribution is -1.97. The topological polar surface area (TPSA) is 52.3 Å². The van der Waals surface area contributed by atoms with E-state index in [2.05, 4.69) is 15.3 Å². The summed E-state index contributed by atoms with van der Waals surface area (Å²) in [7, 11) is 1.62. The van der Waals surface area contributed by atoms with Crippen LogP contribution >= 0.6 is 0 Å². The van der Waals surface area contributed by atoms with Gasteiger partial charge in [0.2, 0.25) is 5.88 Å². The van der Waals surface area contributed by atoms with Gasteiger partial charge in [-0.1, -0.05) is 47.7 Å². The Morgan fingerprint density at radius 1 is 0.952 bits per heavy atom. The molecule has 0 aliphatic rings. The van der Waals surface area contributed by atoms with Gasteiger partial charge in [-0.2, -0.15) is 9.50 Å². The maximum Gasteiger partial charge on any atom is 0.224 e. The molecular weight excluding hydrogens is 264 g/mol. The molecule has 5 heteroatoms. The second kappa shape index (κ2) is 4.56. The molecule has 0 amide bonds. The first-order chi connectivity index (χ1) is 10.4. The van der Waals surface area contributed by atoms with Crippen LogP contribution in [0.4, 0.5) is 0 Å². The van der Waals surface area contributed by atoms with Crippen LogP contribution in [-0.4, -0.2) is 26.9 Å². The average Bonchev–Trinajstić information content (AvgIpc) is 2.99. The van der Waals surface area contributed by atoms with Gasteiger partial charge in [0.15, 0.2) is 5.65 Å². The molecule has 2 aromatic heterocycles. The largest absolute Gasteiger partial charge is 0.480 e. The van der Waals surface area contributed by atoms with Gasteiger partial charge in [-0.15, -0.1) is 5.10 Å². The second-order valence-electron chi connectivity index (χ2n) is 4.68. The van der Waals surface area contributed by atoms with Crippen molar-refractivity contribution in [2.75, 3.05) is 7.11 Å². The third-order valence-corrected chi connectivity index (χ3v) is 3.46. The SMILES string of the molecule is COc1nc2c(-c3ccccc3)nnn2c2ccccc12. The van der Waals surface area contributed by atoms with Crippen LogP contribution in [0.3, 0.4) is 0 Å². The predicted molar refractivity (Wildman–Crippen MR) is 80.3 cm³/mol. The minimum absolute atomic E-state index is 0.581. The van der Waals surface area contributed by atoms with Crippen molar-refractivity contribution in [1.82, 2.24) is 19.8 Å². The first kappa shape index (κ1) is 11.8. The maximum absolute atomic E-state index is 5.42. The number of hydrogen-bond donors (Lipinski definition) is 0. The standard InChI is InChI=1S/C16H12N4O/c1-21-16-12-9-5-6-10-13(12)20-15(17-16)14(18-19-20)11-7-3-2-4-8-11/h2-10H,1H3. The quantitative estimate of drug-likeness (QED) is 0.565. The summed E-state index contributed by atoms with van der Waals surface area (Å²) >= 11 is 0. The lowest BCUT2D eigenvalue weighted by molar-refractivity contribution is 0.404. The highest BCUT2D eigenvalue weighted by Gasteiger charge is 2.15. The number of aromatic nitrogens is 4. The minimum Gasteiger partial charge on any atom is -0.480 e. The van der Waals surface area contributed by atoms with Crippen molar-refractivity contribution in [1.29, 1.82) is 0 Å². The molecule has 0 aliphatic heterocycles. The zero-order chi connectivity index (χ0) is 14.2. The molecule has 0 N–H and O–H groups in total. The van der Waals surface area contributed by atoms with E-state index in [1.807, 2.05) is 54.6 Å². The van der Waals surface area contributed by atoms with Crippen molar-refractivity contribution in [2.45, 2.75) is 0 Å². The molecule has 5 nitrogen and oxygen atoms in total. The van der Waals surface area contributed by atoms with Crippen molar-refractivity contribution in [3.05, 3.63) is 54.6 Å². The summed E-state index contributed by atoms with van der Waals surface area (Å²) in [6, 6.07) is 17.8. The highest BCUT2D eigenvalue weighted by Crippen LogP contribution is 2.28. The van der Waals surface area contributed by atoms with Crippen molar-refractivity contribution >= 4 is 16.6 Å². The summed E-state index contributed by atoms with van der Waals surface area (Å²) in [6.07, 6.45) is 0. The van der Waals surface area contributed by atoms with Gasteiger partial charge in [-0.25, -0.2) is 0 Å². The maximum atomic E-state index is 5.42. The van der Waals surface area contributed by atoms with Gasteiger partial charge in [0, 0.05) is 5.56 Å². The van der Waals surface area contributed by atoms with Crippen molar-refractivity contribution in [2.24, 2.45) is 0 Å². The summed E-state index contributed by atoms with van der Waals surface area (Å²) in [4.78, 5) is 4.57. The first-order valence-electron chi connectivity index (χ1n) is 6.62. The van der Waals surface area contributed by atoms with Crippen LogP contribution in [-0.2, 0) is 0 Å². The van der Waals surface area contributed by atoms with Crippen molar-refractivity contribution in [3.8, 4) is 17.1 Å². The highest BCUT2D eigenvalue weighted by molar-refractivity contribution is 5.88. The average molecular weight is 276 g/mol. The van der Waals surface area contributed by atoms with E-state index in [-0.39, 0.29) is 0 Å². The van der Waals surface area contributed by atoms with Gasteiger partial charge < -0.3 is 4.74 Å². The van der Waals surface area contributed by atoms with Gasteiger partial charge in [0.1, 0.15) is 5.69 Å². The number of nitrogens with zero attached hydrogens (tertiary/aromatic N) is 4. The van der Waals surface area contributed by atoms with Crippen LogP contribution in [0.25, 0.3) is 27.8 Å². The van der Waals surface area contributed by atoms with E-state index in [1.165, 1.54) is 0 Å². The third kappa shape index (κ3) is 1.74. The summed E-state index contributed by atoms with van der Waals surface area (Å²) in [6.45, 7) is 0. The molecule has 0 bridgehead atoms. The number of para-hydroxylation sites is 1. The van der Waals surface area contributed by atoms with E-state index in [1.54, 1.807) is 11.6 Å². The summed E-state index contributed by atoms with van der Waals surface area (Å²) in [5.41, 5.74) is 3.35. The second-order valence-corrected chi connectivity index (χ2v) is 4.68. The molecule has 0 spiro atoms.